The lowest BCUT2D eigenvalue weighted by Crippen LogP contribution is -2.21. The maximum Gasteiger partial charge on any atom is 0.230 e. The molecule has 1 rings (SSSR count). The molecule has 1 N–H and O–H groups in total. The van der Waals surface area contributed by atoms with E-state index in [1.165, 1.54) is 25.7 Å². The summed E-state index contributed by atoms with van der Waals surface area (Å²) in [5, 5.41) is 11.3. The van der Waals surface area contributed by atoms with E-state index < -0.39 is 0 Å². The fourth-order valence-corrected chi connectivity index (χ4v) is 1.63. The highest BCUT2D eigenvalue weighted by molar-refractivity contribution is 4.82. The summed E-state index contributed by atoms with van der Waals surface area (Å²) >= 11 is 0. The van der Waals surface area contributed by atoms with Gasteiger partial charge in [0.25, 0.3) is 0 Å². The topological polar surface area (TPSA) is 51.0 Å². The number of rotatable bonds is 9. The Kier molecular flexibility index (Phi) is 6.86. The van der Waals surface area contributed by atoms with Gasteiger partial charge in [-0.3, -0.25) is 0 Å². The molecular weight excluding hydrogens is 214 g/mol. The maximum atomic E-state index is 5.56. The molecule has 0 saturated heterocycles. The van der Waals surface area contributed by atoms with Gasteiger partial charge in [0, 0.05) is 12.5 Å². The van der Waals surface area contributed by atoms with Crippen LogP contribution in [0.5, 0.6) is 0 Å². The van der Waals surface area contributed by atoms with E-state index in [0.29, 0.717) is 18.5 Å². The molecule has 0 fully saturated rings. The lowest BCUT2D eigenvalue weighted by Gasteiger charge is -2.03. The number of nitrogens with zero attached hydrogens (tertiary/aromatic N) is 2. The average molecular weight is 239 g/mol. The largest absolute Gasteiger partial charge is 0.424 e. The number of unbranched alkanes of at least 4 members (excludes halogenated alkanes) is 4. The molecule has 4 heteroatoms. The predicted molar refractivity (Wildman–Crippen MR) is 68.7 cm³/mol. The first-order valence-corrected chi connectivity index (χ1v) is 6.77. The van der Waals surface area contributed by atoms with Crippen LogP contribution in [0.15, 0.2) is 4.42 Å². The summed E-state index contributed by atoms with van der Waals surface area (Å²) in [4.78, 5) is 0. The molecule has 98 valence electrons. The van der Waals surface area contributed by atoms with E-state index in [4.69, 9.17) is 4.42 Å². The van der Waals surface area contributed by atoms with Gasteiger partial charge in [-0.2, -0.15) is 0 Å². The molecular formula is C13H25N3O. The summed E-state index contributed by atoms with van der Waals surface area (Å²) in [7, 11) is 0. The zero-order valence-electron chi connectivity index (χ0n) is 11.3. The van der Waals surface area contributed by atoms with Crippen molar-refractivity contribution in [2.45, 2.75) is 71.9 Å². The van der Waals surface area contributed by atoms with Crippen LogP contribution in [0.25, 0.3) is 0 Å². The van der Waals surface area contributed by atoms with Crippen LogP contribution < -0.4 is 5.32 Å². The Morgan fingerprint density at radius 3 is 2.47 bits per heavy atom. The van der Waals surface area contributed by atoms with Crippen molar-refractivity contribution in [3.8, 4) is 0 Å². The van der Waals surface area contributed by atoms with Crippen molar-refractivity contribution in [3.05, 3.63) is 11.8 Å². The molecule has 0 aliphatic carbocycles. The van der Waals surface area contributed by atoms with Crippen molar-refractivity contribution < 1.29 is 4.42 Å². The van der Waals surface area contributed by atoms with E-state index in [-0.39, 0.29) is 0 Å². The average Bonchev–Trinajstić information content (AvgIpc) is 2.74. The van der Waals surface area contributed by atoms with Crippen molar-refractivity contribution in [1.82, 2.24) is 15.5 Å². The highest BCUT2D eigenvalue weighted by atomic mass is 16.4. The van der Waals surface area contributed by atoms with Crippen molar-refractivity contribution >= 4 is 0 Å². The Labute approximate surface area is 104 Å². The minimum Gasteiger partial charge on any atom is -0.424 e. The highest BCUT2D eigenvalue weighted by Gasteiger charge is 2.05. The Morgan fingerprint density at radius 1 is 1.06 bits per heavy atom. The fraction of sp³-hybridized carbons (Fsp3) is 0.846. The minimum absolute atomic E-state index is 0.444. The minimum atomic E-state index is 0.444. The SMILES string of the molecule is CCCCCCCc1nnc(CNC(C)C)o1. The maximum absolute atomic E-state index is 5.56. The number of aromatic nitrogens is 2. The first kappa shape index (κ1) is 14.2. The van der Waals surface area contributed by atoms with Gasteiger partial charge < -0.3 is 9.73 Å². The molecule has 0 unspecified atom stereocenters. The monoisotopic (exact) mass is 239 g/mol. The third-order valence-electron chi connectivity index (χ3n) is 2.66. The summed E-state index contributed by atoms with van der Waals surface area (Å²) in [6.45, 7) is 7.10. The molecule has 1 aromatic rings. The second-order valence-corrected chi connectivity index (χ2v) is 4.79. The Hall–Kier alpha value is -0.900. The molecule has 4 nitrogen and oxygen atoms in total. The molecule has 0 bridgehead atoms. The second kappa shape index (κ2) is 8.23. The second-order valence-electron chi connectivity index (χ2n) is 4.79. The van der Waals surface area contributed by atoms with Crippen LogP contribution in [0.4, 0.5) is 0 Å². The quantitative estimate of drug-likeness (QED) is 0.673. The molecule has 17 heavy (non-hydrogen) atoms. The van der Waals surface area contributed by atoms with E-state index in [2.05, 4.69) is 36.3 Å². The normalized spacial score (nSPS) is 11.3. The molecule has 0 saturated carbocycles. The van der Waals surface area contributed by atoms with Gasteiger partial charge in [0.1, 0.15) is 0 Å². The van der Waals surface area contributed by atoms with Gasteiger partial charge in [0.15, 0.2) is 0 Å². The van der Waals surface area contributed by atoms with E-state index in [0.717, 1.165) is 18.7 Å². The first-order valence-electron chi connectivity index (χ1n) is 6.77. The van der Waals surface area contributed by atoms with E-state index in [1.807, 2.05) is 0 Å². The van der Waals surface area contributed by atoms with E-state index in [1.54, 1.807) is 0 Å². The summed E-state index contributed by atoms with van der Waals surface area (Å²) < 4.78 is 5.56. The number of nitrogens with one attached hydrogen (secondary N) is 1. The molecule has 0 radical (unpaired) electrons. The smallest absolute Gasteiger partial charge is 0.230 e. The van der Waals surface area contributed by atoms with Crippen LogP contribution in [-0.4, -0.2) is 16.2 Å². The van der Waals surface area contributed by atoms with Crippen LogP contribution in [0.2, 0.25) is 0 Å². The van der Waals surface area contributed by atoms with Crippen LogP contribution in [0, 0.1) is 0 Å². The first-order chi connectivity index (χ1) is 8.22. The van der Waals surface area contributed by atoms with Gasteiger partial charge in [0.05, 0.1) is 6.54 Å². The van der Waals surface area contributed by atoms with Gasteiger partial charge in [-0.25, -0.2) is 0 Å². The molecule has 0 atom stereocenters. The number of hydrogen-bond donors (Lipinski definition) is 1. The van der Waals surface area contributed by atoms with Crippen molar-refractivity contribution in [2.24, 2.45) is 0 Å². The van der Waals surface area contributed by atoms with Crippen LogP contribution in [0.1, 0.15) is 64.7 Å². The zero-order chi connectivity index (χ0) is 12.5. The van der Waals surface area contributed by atoms with Gasteiger partial charge in [-0.05, 0) is 6.42 Å². The van der Waals surface area contributed by atoms with Gasteiger partial charge in [-0.15, -0.1) is 10.2 Å². The summed E-state index contributed by atoms with van der Waals surface area (Å²) in [6, 6.07) is 0.444. The standard InChI is InChI=1S/C13H25N3O/c1-4-5-6-7-8-9-12-15-16-13(17-12)10-14-11(2)3/h11,14H,4-10H2,1-3H3. The third-order valence-corrected chi connectivity index (χ3v) is 2.66. The van der Waals surface area contributed by atoms with Crippen molar-refractivity contribution in [3.63, 3.8) is 0 Å². The Balaban J connectivity index is 2.17. The molecule has 1 heterocycles. The molecule has 1 aromatic heterocycles. The number of aryl methyl sites for hydroxylation is 1. The highest BCUT2D eigenvalue weighted by Crippen LogP contribution is 2.08. The van der Waals surface area contributed by atoms with Crippen molar-refractivity contribution in [2.75, 3.05) is 0 Å². The van der Waals surface area contributed by atoms with E-state index >= 15 is 0 Å². The van der Waals surface area contributed by atoms with Gasteiger partial charge in [0.2, 0.25) is 11.8 Å². The molecule has 0 aliphatic rings. The van der Waals surface area contributed by atoms with Crippen LogP contribution in [0.3, 0.4) is 0 Å². The molecule has 0 spiro atoms. The van der Waals surface area contributed by atoms with Crippen LogP contribution in [-0.2, 0) is 13.0 Å². The van der Waals surface area contributed by atoms with Gasteiger partial charge in [-0.1, -0.05) is 46.5 Å². The summed E-state index contributed by atoms with van der Waals surface area (Å²) in [5.74, 6) is 1.48. The Morgan fingerprint density at radius 2 is 1.76 bits per heavy atom. The number of hydrogen-bond acceptors (Lipinski definition) is 4. The summed E-state index contributed by atoms with van der Waals surface area (Å²) in [5.41, 5.74) is 0. The fourth-order valence-electron chi connectivity index (χ4n) is 1.63. The third kappa shape index (κ3) is 6.41. The lowest BCUT2D eigenvalue weighted by atomic mass is 10.1. The van der Waals surface area contributed by atoms with E-state index in [9.17, 15) is 0 Å². The van der Waals surface area contributed by atoms with Crippen molar-refractivity contribution in [1.29, 1.82) is 0 Å². The van der Waals surface area contributed by atoms with Gasteiger partial charge >= 0.3 is 0 Å². The molecule has 0 aliphatic heterocycles. The molecule has 0 aromatic carbocycles. The zero-order valence-corrected chi connectivity index (χ0v) is 11.3. The Bertz CT molecular complexity index is 297. The van der Waals surface area contributed by atoms with Crippen LogP contribution >= 0.6 is 0 Å². The molecule has 0 amide bonds. The summed E-state index contributed by atoms with van der Waals surface area (Å²) in [6.07, 6.45) is 7.25. The predicted octanol–water partition coefficient (Wildman–Crippen LogP) is 3.08. The lowest BCUT2D eigenvalue weighted by molar-refractivity contribution is 0.416.